The van der Waals surface area contributed by atoms with E-state index in [1.54, 1.807) is 0 Å². The number of benzene rings is 1. The van der Waals surface area contributed by atoms with Crippen LogP contribution in [0.15, 0.2) is 22.7 Å². The number of rotatable bonds is 2. The Kier molecular flexibility index (Phi) is 3.19. The molecule has 0 saturated carbocycles. The van der Waals surface area contributed by atoms with Gasteiger partial charge < -0.3 is 11.1 Å². The summed E-state index contributed by atoms with van der Waals surface area (Å²) in [5.41, 5.74) is 7.51. The van der Waals surface area contributed by atoms with E-state index in [2.05, 4.69) is 28.2 Å². The van der Waals surface area contributed by atoms with Gasteiger partial charge in [0, 0.05) is 16.2 Å². The predicted molar refractivity (Wildman–Crippen MR) is 68.4 cm³/mol. The highest BCUT2D eigenvalue weighted by Gasteiger charge is 2.29. The lowest BCUT2D eigenvalue weighted by atomic mass is 9.86. The van der Waals surface area contributed by atoms with Crippen LogP contribution in [-0.4, -0.2) is 11.9 Å². The van der Waals surface area contributed by atoms with E-state index in [9.17, 15) is 4.79 Å². The summed E-state index contributed by atoms with van der Waals surface area (Å²) in [7, 11) is 0. The summed E-state index contributed by atoms with van der Waals surface area (Å²) in [5, 5.41) is 3.43. The Morgan fingerprint density at radius 3 is 3.00 bits per heavy atom. The van der Waals surface area contributed by atoms with E-state index in [1.165, 1.54) is 0 Å². The summed E-state index contributed by atoms with van der Waals surface area (Å²) in [6.07, 6.45) is 1.79. The molecule has 0 fully saturated rings. The van der Waals surface area contributed by atoms with Gasteiger partial charge in [0.05, 0.1) is 5.92 Å². The zero-order valence-electron chi connectivity index (χ0n) is 9.16. The Hall–Kier alpha value is -1.03. The van der Waals surface area contributed by atoms with E-state index in [0.29, 0.717) is 6.04 Å². The van der Waals surface area contributed by atoms with Crippen molar-refractivity contribution in [2.45, 2.75) is 31.7 Å². The summed E-state index contributed by atoms with van der Waals surface area (Å²) in [6.45, 7) is 2.11. The molecule has 86 valence electrons. The van der Waals surface area contributed by atoms with Crippen molar-refractivity contribution in [2.75, 3.05) is 5.32 Å². The van der Waals surface area contributed by atoms with Crippen molar-refractivity contribution in [3.63, 3.8) is 0 Å². The van der Waals surface area contributed by atoms with Crippen LogP contribution >= 0.6 is 15.9 Å². The second-order valence-corrected chi connectivity index (χ2v) is 5.09. The van der Waals surface area contributed by atoms with E-state index in [4.69, 9.17) is 5.73 Å². The number of halogens is 1. The van der Waals surface area contributed by atoms with Gasteiger partial charge >= 0.3 is 0 Å². The Balaban J connectivity index is 2.42. The second kappa shape index (κ2) is 4.45. The standard InChI is InChI=1S/C12H15BrN2O/c1-2-8-6-10(12(14)16)9-5-7(13)3-4-11(9)15-8/h3-5,8,10,15H,2,6H2,1H3,(H2,14,16)/t8-,10+/m1/s1. The highest BCUT2D eigenvalue weighted by atomic mass is 79.9. The van der Waals surface area contributed by atoms with Crippen molar-refractivity contribution < 1.29 is 4.79 Å². The molecule has 4 heteroatoms. The van der Waals surface area contributed by atoms with Crippen molar-refractivity contribution in [1.29, 1.82) is 0 Å². The van der Waals surface area contributed by atoms with Gasteiger partial charge in [-0.3, -0.25) is 4.79 Å². The third-order valence-electron chi connectivity index (χ3n) is 3.11. The van der Waals surface area contributed by atoms with Crippen molar-refractivity contribution >= 4 is 27.5 Å². The van der Waals surface area contributed by atoms with Crippen LogP contribution in [0, 0.1) is 0 Å². The quantitative estimate of drug-likeness (QED) is 0.876. The van der Waals surface area contributed by atoms with Crippen LogP contribution in [0.1, 0.15) is 31.2 Å². The number of hydrogen-bond donors (Lipinski definition) is 2. The zero-order chi connectivity index (χ0) is 11.7. The highest BCUT2D eigenvalue weighted by molar-refractivity contribution is 9.10. The van der Waals surface area contributed by atoms with Crippen molar-refractivity contribution in [3.05, 3.63) is 28.2 Å². The predicted octanol–water partition coefficient (Wildman–Crippen LogP) is 2.61. The molecule has 0 unspecified atom stereocenters. The molecule has 1 heterocycles. The van der Waals surface area contributed by atoms with E-state index < -0.39 is 0 Å². The van der Waals surface area contributed by atoms with Gasteiger partial charge in [0.15, 0.2) is 0 Å². The lowest BCUT2D eigenvalue weighted by Crippen LogP contribution is -2.33. The molecule has 0 aliphatic carbocycles. The molecule has 1 aliphatic heterocycles. The lowest BCUT2D eigenvalue weighted by molar-refractivity contribution is -0.119. The first-order valence-corrected chi connectivity index (χ1v) is 6.26. The molecule has 0 spiro atoms. The Morgan fingerprint density at radius 2 is 2.38 bits per heavy atom. The van der Waals surface area contributed by atoms with E-state index in [0.717, 1.165) is 28.6 Å². The average molecular weight is 283 g/mol. The fourth-order valence-corrected chi connectivity index (χ4v) is 2.56. The van der Waals surface area contributed by atoms with Crippen LogP contribution in [0.2, 0.25) is 0 Å². The van der Waals surface area contributed by atoms with Gasteiger partial charge in [0.25, 0.3) is 0 Å². The number of nitrogens with one attached hydrogen (secondary N) is 1. The maximum absolute atomic E-state index is 11.5. The number of fused-ring (bicyclic) bond motifs is 1. The fourth-order valence-electron chi connectivity index (χ4n) is 2.18. The van der Waals surface area contributed by atoms with Gasteiger partial charge in [-0.25, -0.2) is 0 Å². The number of nitrogens with two attached hydrogens (primary N) is 1. The maximum Gasteiger partial charge on any atom is 0.225 e. The first-order valence-electron chi connectivity index (χ1n) is 5.47. The summed E-state index contributed by atoms with van der Waals surface area (Å²) in [5.74, 6) is -0.405. The highest BCUT2D eigenvalue weighted by Crippen LogP contribution is 2.36. The molecule has 1 aromatic carbocycles. The number of hydrogen-bond acceptors (Lipinski definition) is 2. The van der Waals surface area contributed by atoms with E-state index in [-0.39, 0.29) is 11.8 Å². The van der Waals surface area contributed by atoms with Crippen LogP contribution in [0.4, 0.5) is 5.69 Å². The maximum atomic E-state index is 11.5. The molecule has 0 bridgehead atoms. The third kappa shape index (κ3) is 2.07. The smallest absolute Gasteiger partial charge is 0.225 e. The third-order valence-corrected chi connectivity index (χ3v) is 3.60. The second-order valence-electron chi connectivity index (χ2n) is 4.17. The number of carbonyl (C=O) groups excluding carboxylic acids is 1. The van der Waals surface area contributed by atoms with Crippen LogP contribution in [0.5, 0.6) is 0 Å². The molecule has 16 heavy (non-hydrogen) atoms. The van der Waals surface area contributed by atoms with Crippen LogP contribution in [-0.2, 0) is 4.79 Å². The molecular formula is C12H15BrN2O. The zero-order valence-corrected chi connectivity index (χ0v) is 10.8. The molecule has 3 N–H and O–H groups in total. The van der Waals surface area contributed by atoms with Crippen molar-refractivity contribution in [3.8, 4) is 0 Å². The largest absolute Gasteiger partial charge is 0.382 e. The van der Waals surface area contributed by atoms with E-state index >= 15 is 0 Å². The normalized spacial score (nSPS) is 23.4. The van der Waals surface area contributed by atoms with Crippen LogP contribution in [0.3, 0.4) is 0 Å². The summed E-state index contributed by atoms with van der Waals surface area (Å²) in [4.78, 5) is 11.5. The van der Waals surface area contributed by atoms with Crippen LogP contribution < -0.4 is 11.1 Å². The van der Waals surface area contributed by atoms with E-state index in [1.807, 2.05) is 18.2 Å². The summed E-state index contributed by atoms with van der Waals surface area (Å²) in [6, 6.07) is 6.29. The molecule has 0 saturated heterocycles. The molecule has 0 radical (unpaired) electrons. The Bertz CT molecular complexity index is 419. The fraction of sp³-hybridized carbons (Fsp3) is 0.417. The molecule has 2 rings (SSSR count). The molecular weight excluding hydrogens is 268 g/mol. The lowest BCUT2D eigenvalue weighted by Gasteiger charge is -2.31. The van der Waals surface area contributed by atoms with Gasteiger partial charge in [-0.2, -0.15) is 0 Å². The van der Waals surface area contributed by atoms with Gasteiger partial charge in [-0.15, -0.1) is 0 Å². The molecule has 1 aromatic rings. The monoisotopic (exact) mass is 282 g/mol. The minimum Gasteiger partial charge on any atom is -0.382 e. The topological polar surface area (TPSA) is 55.1 Å². The number of carbonyl (C=O) groups is 1. The minimum absolute atomic E-state index is 0.168. The first-order chi connectivity index (χ1) is 7.61. The van der Waals surface area contributed by atoms with Crippen molar-refractivity contribution in [1.82, 2.24) is 0 Å². The van der Waals surface area contributed by atoms with Crippen LogP contribution in [0.25, 0.3) is 0 Å². The number of anilines is 1. The Morgan fingerprint density at radius 1 is 1.62 bits per heavy atom. The first kappa shape index (κ1) is 11.5. The van der Waals surface area contributed by atoms with Gasteiger partial charge in [-0.1, -0.05) is 22.9 Å². The summed E-state index contributed by atoms with van der Waals surface area (Å²) < 4.78 is 0.981. The molecule has 1 amide bonds. The number of primary amides is 1. The molecule has 3 nitrogen and oxygen atoms in total. The average Bonchev–Trinajstić information content (AvgIpc) is 2.27. The molecule has 1 aliphatic rings. The minimum atomic E-state index is -0.237. The Labute approximate surface area is 104 Å². The molecule has 2 atom stereocenters. The van der Waals surface area contributed by atoms with Gasteiger partial charge in [0.1, 0.15) is 0 Å². The molecule has 0 aromatic heterocycles. The van der Waals surface area contributed by atoms with Crippen molar-refractivity contribution in [2.24, 2.45) is 5.73 Å². The number of amides is 1. The van der Waals surface area contributed by atoms with Gasteiger partial charge in [0.2, 0.25) is 5.91 Å². The SMILES string of the molecule is CC[C@@H]1C[C@H](C(N)=O)c2cc(Br)ccc2N1. The van der Waals surface area contributed by atoms with Gasteiger partial charge in [-0.05, 0) is 36.6 Å². The summed E-state index contributed by atoms with van der Waals surface area (Å²) >= 11 is 3.42.